The number of benzene rings is 1. The second kappa shape index (κ2) is 6.33. The fourth-order valence-electron chi connectivity index (χ4n) is 1.74. The van der Waals surface area contributed by atoms with Crippen molar-refractivity contribution in [3.8, 4) is 0 Å². The highest BCUT2D eigenvalue weighted by atomic mass is 32.2. The molecule has 0 aliphatic carbocycles. The number of nitrogens with one attached hydrogen (secondary N) is 1. The van der Waals surface area contributed by atoms with Crippen LogP contribution in [0.1, 0.15) is 5.56 Å². The largest absolute Gasteiger partial charge is 0.336 e. The topological polar surface area (TPSA) is 105 Å². The third kappa shape index (κ3) is 4.55. The Balaban J connectivity index is 2.29. The van der Waals surface area contributed by atoms with E-state index in [1.807, 2.05) is 0 Å². The predicted molar refractivity (Wildman–Crippen MR) is 78.5 cm³/mol. The van der Waals surface area contributed by atoms with Crippen LogP contribution in [0.4, 0.5) is 10.5 Å². The van der Waals surface area contributed by atoms with Gasteiger partial charge < -0.3 is 0 Å². The minimum atomic E-state index is -4.13. The van der Waals surface area contributed by atoms with Gasteiger partial charge in [0.1, 0.15) is 0 Å². The van der Waals surface area contributed by atoms with Crippen molar-refractivity contribution in [3.05, 3.63) is 60.4 Å². The molecule has 0 unspecified atom stereocenters. The van der Waals surface area contributed by atoms with Gasteiger partial charge in [-0.1, -0.05) is 24.3 Å². The Kier molecular flexibility index (Phi) is 4.51. The summed E-state index contributed by atoms with van der Waals surface area (Å²) in [6.07, 6.45) is 3.21. The van der Waals surface area contributed by atoms with Gasteiger partial charge in [0.15, 0.2) is 0 Å². The normalized spacial score (nSPS) is 10.9. The number of urea groups is 1. The number of nitrogens with two attached hydrogens (primary N) is 1. The number of rotatable bonds is 4. The van der Waals surface area contributed by atoms with Crippen molar-refractivity contribution in [3.63, 3.8) is 0 Å². The molecule has 0 fully saturated rings. The molecule has 7 nitrogen and oxygen atoms in total. The van der Waals surface area contributed by atoms with Crippen molar-refractivity contribution in [2.24, 2.45) is 5.14 Å². The highest BCUT2D eigenvalue weighted by molar-refractivity contribution is 7.87. The Morgan fingerprint density at radius 2 is 1.90 bits per heavy atom. The summed E-state index contributed by atoms with van der Waals surface area (Å²) >= 11 is 0. The molecule has 3 N–H and O–H groups in total. The monoisotopic (exact) mass is 306 g/mol. The average Bonchev–Trinajstić information content (AvgIpc) is 2.45. The number of carbonyl (C=O) groups is 1. The lowest BCUT2D eigenvalue weighted by Gasteiger charge is -2.22. The quantitative estimate of drug-likeness (QED) is 0.879. The fourth-order valence-corrected chi connectivity index (χ4v) is 2.09. The second-order valence-corrected chi connectivity index (χ2v) is 5.53. The number of para-hydroxylation sites is 1. The van der Waals surface area contributed by atoms with E-state index >= 15 is 0 Å². The molecule has 0 atom stereocenters. The van der Waals surface area contributed by atoms with Crippen LogP contribution >= 0.6 is 0 Å². The van der Waals surface area contributed by atoms with Crippen LogP contribution < -0.4 is 14.8 Å². The van der Waals surface area contributed by atoms with Gasteiger partial charge in [0, 0.05) is 18.1 Å². The van der Waals surface area contributed by atoms with Crippen LogP contribution in [0.15, 0.2) is 54.9 Å². The standard InChI is InChI=1S/C13H14N4O3S/c14-21(19,20)16-13(18)17(12-6-2-1-3-7-12)10-11-5-4-8-15-9-11/h1-9H,10H2,(H,16,18)(H2,14,19,20). The molecule has 1 aromatic carbocycles. The lowest BCUT2D eigenvalue weighted by molar-refractivity contribution is 0.250. The molecule has 0 spiro atoms. The summed E-state index contributed by atoms with van der Waals surface area (Å²) in [5.74, 6) is 0. The number of hydrogen-bond donors (Lipinski definition) is 2. The Bertz CT molecular complexity index is 705. The molecule has 0 bridgehead atoms. The first-order valence-corrected chi connectivity index (χ1v) is 7.56. The number of amides is 2. The van der Waals surface area contributed by atoms with Crippen LogP contribution in [0.3, 0.4) is 0 Å². The molecule has 2 amide bonds. The molecule has 2 aromatic rings. The van der Waals surface area contributed by atoms with Crippen molar-refractivity contribution in [2.45, 2.75) is 6.54 Å². The van der Waals surface area contributed by atoms with E-state index in [1.165, 1.54) is 4.90 Å². The van der Waals surface area contributed by atoms with Gasteiger partial charge in [-0.15, -0.1) is 0 Å². The van der Waals surface area contributed by atoms with Crippen molar-refractivity contribution >= 4 is 21.9 Å². The molecule has 0 aliphatic heterocycles. The average molecular weight is 306 g/mol. The molecular weight excluding hydrogens is 292 g/mol. The van der Waals surface area contributed by atoms with Crippen molar-refractivity contribution in [1.82, 2.24) is 9.71 Å². The molecule has 0 radical (unpaired) electrons. The SMILES string of the molecule is NS(=O)(=O)NC(=O)N(Cc1cccnc1)c1ccccc1. The van der Waals surface area contributed by atoms with Crippen molar-refractivity contribution in [1.29, 1.82) is 0 Å². The zero-order chi connectivity index (χ0) is 15.3. The van der Waals surface area contributed by atoms with Gasteiger partial charge in [0.2, 0.25) is 0 Å². The van der Waals surface area contributed by atoms with E-state index in [0.29, 0.717) is 5.69 Å². The second-order valence-electron chi connectivity index (χ2n) is 4.24. The van der Waals surface area contributed by atoms with E-state index in [0.717, 1.165) is 5.56 Å². The molecule has 110 valence electrons. The maximum absolute atomic E-state index is 12.1. The summed E-state index contributed by atoms with van der Waals surface area (Å²) in [6.45, 7) is 0.166. The van der Waals surface area contributed by atoms with Crippen LogP contribution in [0.2, 0.25) is 0 Å². The highest BCUT2D eigenvalue weighted by Crippen LogP contribution is 2.16. The highest BCUT2D eigenvalue weighted by Gasteiger charge is 2.19. The third-order valence-electron chi connectivity index (χ3n) is 2.61. The van der Waals surface area contributed by atoms with Gasteiger partial charge in [-0.2, -0.15) is 8.42 Å². The Morgan fingerprint density at radius 3 is 2.48 bits per heavy atom. The molecule has 1 aromatic heterocycles. The van der Waals surface area contributed by atoms with Crippen LogP contribution in [-0.4, -0.2) is 19.4 Å². The summed E-state index contributed by atoms with van der Waals surface area (Å²) in [5.41, 5.74) is 1.30. The zero-order valence-electron chi connectivity index (χ0n) is 11.0. The molecule has 1 heterocycles. The van der Waals surface area contributed by atoms with Gasteiger partial charge in [0.25, 0.3) is 10.2 Å². The minimum Gasteiger partial charge on any atom is -0.289 e. The maximum atomic E-state index is 12.1. The van der Waals surface area contributed by atoms with Gasteiger partial charge >= 0.3 is 6.03 Å². The predicted octanol–water partition coefficient (Wildman–Crippen LogP) is 1.00. The first-order valence-electron chi connectivity index (χ1n) is 6.02. The van der Waals surface area contributed by atoms with Crippen molar-refractivity contribution in [2.75, 3.05) is 4.90 Å². The number of aromatic nitrogens is 1. The smallest absolute Gasteiger partial charge is 0.289 e. The summed E-state index contributed by atoms with van der Waals surface area (Å²) in [7, 11) is -4.13. The first kappa shape index (κ1) is 14.9. The summed E-state index contributed by atoms with van der Waals surface area (Å²) in [6, 6.07) is 11.4. The molecule has 0 saturated carbocycles. The van der Waals surface area contributed by atoms with E-state index in [4.69, 9.17) is 5.14 Å². The van der Waals surface area contributed by atoms with Crippen LogP contribution in [-0.2, 0) is 16.8 Å². The Morgan fingerprint density at radius 1 is 1.19 bits per heavy atom. The van der Waals surface area contributed by atoms with Crippen LogP contribution in [0.5, 0.6) is 0 Å². The van der Waals surface area contributed by atoms with E-state index in [2.05, 4.69) is 4.98 Å². The van der Waals surface area contributed by atoms with Crippen molar-refractivity contribution < 1.29 is 13.2 Å². The number of nitrogens with zero attached hydrogens (tertiary/aromatic N) is 2. The summed E-state index contributed by atoms with van der Waals surface area (Å²) < 4.78 is 23.8. The number of hydrogen-bond acceptors (Lipinski definition) is 4. The van der Waals surface area contributed by atoms with Crippen LogP contribution in [0, 0.1) is 0 Å². The van der Waals surface area contributed by atoms with E-state index < -0.39 is 16.2 Å². The van der Waals surface area contributed by atoms with E-state index in [1.54, 1.807) is 59.6 Å². The lowest BCUT2D eigenvalue weighted by atomic mass is 10.2. The molecule has 0 saturated heterocycles. The Hall–Kier alpha value is -2.45. The minimum absolute atomic E-state index is 0.166. The van der Waals surface area contributed by atoms with Gasteiger partial charge in [-0.05, 0) is 23.8 Å². The summed E-state index contributed by atoms with van der Waals surface area (Å²) in [5, 5.41) is 4.85. The molecule has 0 aliphatic rings. The third-order valence-corrected chi connectivity index (χ3v) is 3.07. The Labute approximate surface area is 122 Å². The molecule has 21 heavy (non-hydrogen) atoms. The number of carbonyl (C=O) groups excluding carboxylic acids is 1. The fraction of sp³-hybridized carbons (Fsp3) is 0.0769. The van der Waals surface area contributed by atoms with E-state index in [-0.39, 0.29) is 6.54 Å². The lowest BCUT2D eigenvalue weighted by Crippen LogP contribution is -2.45. The molecular formula is C13H14N4O3S. The molecule has 2 rings (SSSR count). The van der Waals surface area contributed by atoms with Gasteiger partial charge in [-0.3, -0.25) is 9.88 Å². The van der Waals surface area contributed by atoms with E-state index in [9.17, 15) is 13.2 Å². The number of anilines is 1. The summed E-state index contributed by atoms with van der Waals surface area (Å²) in [4.78, 5) is 17.3. The molecule has 8 heteroatoms. The van der Waals surface area contributed by atoms with Gasteiger partial charge in [-0.25, -0.2) is 14.7 Å². The van der Waals surface area contributed by atoms with Crippen LogP contribution in [0.25, 0.3) is 0 Å². The van der Waals surface area contributed by atoms with Gasteiger partial charge in [0.05, 0.1) is 6.54 Å². The maximum Gasteiger partial charge on any atom is 0.336 e. The zero-order valence-corrected chi connectivity index (χ0v) is 11.8. The number of pyridine rings is 1. The first-order chi connectivity index (χ1) is 9.96.